The Morgan fingerprint density at radius 3 is 2.00 bits per heavy atom. The van der Waals surface area contributed by atoms with E-state index < -0.39 is 48.6 Å². The van der Waals surface area contributed by atoms with Gasteiger partial charge in [-0.2, -0.15) is 0 Å². The molecule has 11 nitrogen and oxygen atoms in total. The van der Waals surface area contributed by atoms with Crippen molar-refractivity contribution in [3.05, 3.63) is 10.4 Å². The number of carbonyl (C=O) groups is 3. The quantitative estimate of drug-likeness (QED) is 0.239. The Labute approximate surface area is 131 Å². The van der Waals surface area contributed by atoms with Gasteiger partial charge < -0.3 is 24.1 Å². The lowest BCUT2D eigenvalue weighted by atomic mass is 9.98. The fourth-order valence-electron chi connectivity index (χ4n) is 2.14. The normalized spacial score (nSPS) is 29.8. The van der Waals surface area contributed by atoms with Gasteiger partial charge in [-0.1, -0.05) is 5.11 Å². The zero-order valence-electron chi connectivity index (χ0n) is 12.7. The molecule has 0 aliphatic carbocycles. The molecule has 0 saturated carbocycles. The average Bonchev–Trinajstić information content (AvgIpc) is 2.42. The molecule has 0 radical (unpaired) electrons. The molecule has 0 aromatic rings. The highest BCUT2D eigenvalue weighted by molar-refractivity contribution is 5.68. The predicted octanol–water partition coefficient (Wildman–Crippen LogP) is -0.191. The van der Waals surface area contributed by atoms with Crippen LogP contribution in [-0.4, -0.2) is 60.3 Å². The van der Waals surface area contributed by atoms with Gasteiger partial charge in [0.05, 0.1) is 6.54 Å². The van der Waals surface area contributed by atoms with E-state index in [2.05, 4.69) is 10.0 Å². The summed E-state index contributed by atoms with van der Waals surface area (Å²) in [7, 11) is 0. The molecule has 0 amide bonds. The largest absolute Gasteiger partial charge is 0.456 e. The molecular weight excluding hydrogens is 314 g/mol. The van der Waals surface area contributed by atoms with Crippen LogP contribution in [0.3, 0.4) is 0 Å². The molecule has 1 N–H and O–H groups in total. The van der Waals surface area contributed by atoms with Crippen molar-refractivity contribution in [3.8, 4) is 0 Å². The molecule has 23 heavy (non-hydrogen) atoms. The van der Waals surface area contributed by atoms with Gasteiger partial charge in [-0.15, -0.1) is 0 Å². The van der Waals surface area contributed by atoms with Crippen LogP contribution in [0.2, 0.25) is 0 Å². The van der Waals surface area contributed by atoms with Gasteiger partial charge in [0, 0.05) is 25.7 Å². The third-order valence-corrected chi connectivity index (χ3v) is 2.84. The first kappa shape index (κ1) is 18.7. The summed E-state index contributed by atoms with van der Waals surface area (Å²) in [5.74, 6) is -2.23. The number of hydrogen-bond donors (Lipinski definition) is 1. The van der Waals surface area contributed by atoms with E-state index in [4.69, 9.17) is 24.5 Å². The fraction of sp³-hybridized carbons (Fsp3) is 0.750. The third-order valence-electron chi connectivity index (χ3n) is 2.84. The number of carbonyl (C=O) groups excluding carboxylic acids is 3. The summed E-state index contributed by atoms with van der Waals surface area (Å²) in [4.78, 5) is 36.3. The third kappa shape index (κ3) is 5.40. The lowest BCUT2D eigenvalue weighted by molar-refractivity contribution is -0.289. The van der Waals surface area contributed by atoms with E-state index in [1.165, 1.54) is 0 Å². The second-order valence-corrected chi connectivity index (χ2v) is 4.70. The summed E-state index contributed by atoms with van der Waals surface area (Å²) in [6, 6.07) is 0. The van der Waals surface area contributed by atoms with Gasteiger partial charge in [-0.3, -0.25) is 14.4 Å². The van der Waals surface area contributed by atoms with E-state index in [0.29, 0.717) is 0 Å². The van der Waals surface area contributed by atoms with Crippen molar-refractivity contribution in [2.24, 2.45) is 5.11 Å². The highest BCUT2D eigenvalue weighted by Gasteiger charge is 2.51. The van der Waals surface area contributed by atoms with Crippen LogP contribution in [0.25, 0.3) is 10.4 Å². The summed E-state index contributed by atoms with van der Waals surface area (Å²) in [5, 5.41) is 13.2. The first-order valence-corrected chi connectivity index (χ1v) is 6.62. The number of aliphatic hydroxyl groups is 1. The minimum atomic E-state index is -1.66. The molecule has 11 heteroatoms. The van der Waals surface area contributed by atoms with Crippen LogP contribution in [0.4, 0.5) is 0 Å². The molecule has 1 rings (SSSR count). The predicted molar refractivity (Wildman–Crippen MR) is 71.6 cm³/mol. The van der Waals surface area contributed by atoms with Gasteiger partial charge >= 0.3 is 17.9 Å². The second kappa shape index (κ2) is 8.32. The molecule has 0 unspecified atom stereocenters. The number of azide groups is 1. The van der Waals surface area contributed by atoms with Crippen LogP contribution in [0.15, 0.2) is 5.11 Å². The smallest absolute Gasteiger partial charge is 0.303 e. The van der Waals surface area contributed by atoms with Crippen molar-refractivity contribution in [2.45, 2.75) is 51.5 Å². The maximum Gasteiger partial charge on any atom is 0.303 e. The number of esters is 3. The van der Waals surface area contributed by atoms with E-state index >= 15 is 0 Å². The molecule has 0 aromatic carbocycles. The lowest BCUT2D eigenvalue weighted by Gasteiger charge is -2.42. The summed E-state index contributed by atoms with van der Waals surface area (Å²) in [5.41, 5.74) is 8.39. The monoisotopic (exact) mass is 331 g/mol. The molecular formula is C12H17N3O8. The highest BCUT2D eigenvalue weighted by atomic mass is 16.7. The van der Waals surface area contributed by atoms with E-state index in [-0.39, 0.29) is 6.54 Å². The van der Waals surface area contributed by atoms with E-state index in [0.717, 1.165) is 20.8 Å². The van der Waals surface area contributed by atoms with E-state index in [1.54, 1.807) is 0 Å². The second-order valence-electron chi connectivity index (χ2n) is 4.70. The molecule has 1 saturated heterocycles. The molecule has 0 bridgehead atoms. The summed E-state index contributed by atoms with van der Waals surface area (Å²) >= 11 is 0. The Morgan fingerprint density at radius 2 is 1.52 bits per heavy atom. The number of hydrogen-bond acceptors (Lipinski definition) is 9. The zero-order valence-corrected chi connectivity index (χ0v) is 12.7. The molecule has 0 aromatic heterocycles. The van der Waals surface area contributed by atoms with Gasteiger partial charge in [-0.25, -0.2) is 0 Å². The number of ether oxygens (including phenoxy) is 4. The Balaban J connectivity index is 3.15. The fourth-order valence-corrected chi connectivity index (χ4v) is 2.14. The molecule has 5 atom stereocenters. The lowest BCUT2D eigenvalue weighted by Crippen LogP contribution is -2.61. The molecule has 0 spiro atoms. The first-order chi connectivity index (χ1) is 10.8. The van der Waals surface area contributed by atoms with Crippen molar-refractivity contribution >= 4 is 17.9 Å². The molecule has 1 aliphatic rings. The molecule has 128 valence electrons. The van der Waals surface area contributed by atoms with Crippen LogP contribution in [0.1, 0.15) is 20.8 Å². The number of aliphatic hydroxyl groups excluding tert-OH is 1. The van der Waals surface area contributed by atoms with Crippen molar-refractivity contribution < 1.29 is 38.4 Å². The van der Waals surface area contributed by atoms with Crippen LogP contribution in [0.5, 0.6) is 0 Å². The molecule has 1 aliphatic heterocycles. The minimum Gasteiger partial charge on any atom is -0.456 e. The summed E-state index contributed by atoms with van der Waals surface area (Å²) in [6.07, 6.45) is -6.68. The van der Waals surface area contributed by atoms with E-state index in [1.807, 2.05) is 0 Å². The van der Waals surface area contributed by atoms with Gasteiger partial charge in [0.25, 0.3) is 0 Å². The van der Waals surface area contributed by atoms with Gasteiger partial charge in [0.1, 0.15) is 6.10 Å². The zero-order chi connectivity index (χ0) is 17.6. The van der Waals surface area contributed by atoms with Crippen LogP contribution >= 0.6 is 0 Å². The Hall–Kier alpha value is -2.36. The Kier molecular flexibility index (Phi) is 6.76. The van der Waals surface area contributed by atoms with Crippen molar-refractivity contribution in [2.75, 3.05) is 6.54 Å². The number of rotatable bonds is 5. The van der Waals surface area contributed by atoms with Crippen LogP contribution in [0, 0.1) is 0 Å². The maximum atomic E-state index is 11.3. The topological polar surface area (TPSA) is 157 Å². The van der Waals surface area contributed by atoms with Gasteiger partial charge in [0.2, 0.25) is 0 Å². The maximum absolute atomic E-state index is 11.3. The standard InChI is InChI=1S/C12H17N3O8/c1-5(16)20-9-8(4-14-15-13)23-12(19)11(22-7(3)18)10(9)21-6(2)17/h8-12,19H,4H2,1-3H3/t8-,9-,10+,11-,12-/m1/s1. The molecule has 1 heterocycles. The van der Waals surface area contributed by atoms with Gasteiger partial charge in [-0.05, 0) is 5.53 Å². The van der Waals surface area contributed by atoms with Crippen LogP contribution in [-0.2, 0) is 33.3 Å². The minimum absolute atomic E-state index is 0.296. The van der Waals surface area contributed by atoms with Crippen molar-refractivity contribution in [1.29, 1.82) is 0 Å². The summed E-state index contributed by atoms with van der Waals surface area (Å²) in [6.45, 7) is 3.00. The Morgan fingerprint density at radius 1 is 1.04 bits per heavy atom. The van der Waals surface area contributed by atoms with Gasteiger partial charge in [0.15, 0.2) is 24.6 Å². The summed E-state index contributed by atoms with van der Waals surface area (Å²) < 4.78 is 20.1. The number of nitrogens with zero attached hydrogens (tertiary/aromatic N) is 3. The Bertz CT molecular complexity index is 518. The van der Waals surface area contributed by atoms with E-state index in [9.17, 15) is 19.5 Å². The SMILES string of the molecule is CC(=O)O[C@@H]1[C@@H](OC(C)=O)[C@H](O)O[C@H](CN=[N+]=[N-])[C@H]1OC(C)=O. The highest BCUT2D eigenvalue weighted by Crippen LogP contribution is 2.28. The first-order valence-electron chi connectivity index (χ1n) is 6.62. The van der Waals surface area contributed by atoms with Crippen LogP contribution < -0.4 is 0 Å². The van der Waals surface area contributed by atoms with Crippen molar-refractivity contribution in [3.63, 3.8) is 0 Å². The van der Waals surface area contributed by atoms with Crippen molar-refractivity contribution in [1.82, 2.24) is 0 Å². The average molecular weight is 331 g/mol. The molecule has 1 fully saturated rings.